The van der Waals surface area contributed by atoms with Gasteiger partial charge in [-0.15, -0.1) is 0 Å². The van der Waals surface area contributed by atoms with Gasteiger partial charge in [-0.25, -0.2) is 4.98 Å². The zero-order valence-corrected chi connectivity index (χ0v) is 20.0. The normalized spacial score (nSPS) is 21.4. The molecule has 2 aromatic carbocycles. The highest BCUT2D eigenvalue weighted by molar-refractivity contribution is 5.99. The smallest absolute Gasteiger partial charge is 0.250 e. The van der Waals surface area contributed by atoms with E-state index in [0.717, 1.165) is 66.1 Å². The molecule has 2 aliphatic rings. The minimum Gasteiger partial charge on any atom is -0.497 e. The second-order valence-electron chi connectivity index (χ2n) is 9.15. The summed E-state index contributed by atoms with van der Waals surface area (Å²) in [6, 6.07) is 14.6. The van der Waals surface area contributed by atoms with E-state index in [1.165, 1.54) is 5.56 Å². The summed E-state index contributed by atoms with van der Waals surface area (Å²) < 4.78 is 12.9. The molecule has 176 valence electrons. The fraction of sp³-hybridized carbons (Fsp3) is 0.357. The average molecular weight is 458 g/mol. The number of nitrogens with zero attached hydrogens (tertiary/aromatic N) is 3. The molecule has 0 radical (unpaired) electrons. The third-order valence-corrected chi connectivity index (χ3v) is 7.04. The van der Waals surface area contributed by atoms with Crippen LogP contribution in [-0.4, -0.2) is 40.6 Å². The monoisotopic (exact) mass is 457 g/mol. The van der Waals surface area contributed by atoms with Crippen LogP contribution in [0.2, 0.25) is 0 Å². The molecule has 3 aromatic rings. The van der Waals surface area contributed by atoms with Crippen LogP contribution in [0, 0.1) is 6.92 Å². The van der Waals surface area contributed by atoms with Crippen molar-refractivity contribution < 1.29 is 14.3 Å². The third kappa shape index (κ3) is 4.20. The van der Waals surface area contributed by atoms with E-state index in [1.54, 1.807) is 20.5 Å². The Balaban J connectivity index is 1.43. The van der Waals surface area contributed by atoms with Crippen molar-refractivity contribution in [3.63, 3.8) is 0 Å². The lowest BCUT2D eigenvalue weighted by atomic mass is 9.84. The molecule has 2 saturated heterocycles. The number of benzene rings is 2. The number of hydrogen-bond acceptors (Lipinski definition) is 4. The number of fused-ring (bicyclic) bond motifs is 1. The number of aromatic nitrogens is 2. The predicted molar refractivity (Wildman–Crippen MR) is 132 cm³/mol. The molecule has 0 unspecified atom stereocenters. The van der Waals surface area contributed by atoms with E-state index >= 15 is 0 Å². The molecule has 6 heteroatoms. The van der Waals surface area contributed by atoms with E-state index in [2.05, 4.69) is 22.0 Å². The zero-order valence-electron chi connectivity index (χ0n) is 20.0. The van der Waals surface area contributed by atoms with Gasteiger partial charge in [0.25, 0.3) is 5.91 Å². The number of amides is 1. The molecular formula is C28H31N3O3. The van der Waals surface area contributed by atoms with Gasteiger partial charge in [0.2, 0.25) is 0 Å². The van der Waals surface area contributed by atoms with Gasteiger partial charge in [0.1, 0.15) is 11.5 Å². The lowest BCUT2D eigenvalue weighted by Crippen LogP contribution is -2.49. The van der Waals surface area contributed by atoms with E-state index in [-0.39, 0.29) is 11.9 Å². The number of hydrogen-bond donors (Lipinski definition) is 0. The van der Waals surface area contributed by atoms with Crippen molar-refractivity contribution in [2.45, 2.75) is 51.1 Å². The Morgan fingerprint density at radius 1 is 1.03 bits per heavy atom. The number of rotatable bonds is 5. The lowest BCUT2D eigenvalue weighted by Gasteiger charge is -2.46. The molecule has 0 N–H and O–H groups in total. The van der Waals surface area contributed by atoms with Crippen molar-refractivity contribution in [2.24, 2.45) is 0 Å². The number of piperidine rings is 2. The summed E-state index contributed by atoms with van der Waals surface area (Å²) in [6.45, 7) is 1.96. The van der Waals surface area contributed by atoms with Gasteiger partial charge >= 0.3 is 0 Å². The van der Waals surface area contributed by atoms with E-state index in [4.69, 9.17) is 9.47 Å². The summed E-state index contributed by atoms with van der Waals surface area (Å²) in [4.78, 5) is 20.2. The maximum atomic E-state index is 13.7. The fourth-order valence-electron chi connectivity index (χ4n) is 5.30. The van der Waals surface area contributed by atoms with Gasteiger partial charge in [-0.1, -0.05) is 18.2 Å². The highest BCUT2D eigenvalue weighted by atomic mass is 16.5. The molecule has 1 aromatic heterocycles. The second kappa shape index (κ2) is 9.37. The first-order valence-electron chi connectivity index (χ1n) is 11.9. The van der Waals surface area contributed by atoms with Crippen molar-refractivity contribution in [2.75, 3.05) is 14.2 Å². The SMILES string of the molecule is COc1ccc([C@@H]2CCC[C@@H]3CCC(=Cc4ccc(-n5cnc(C)c5)c(OC)c4)C(=O)N32)cc1. The lowest BCUT2D eigenvalue weighted by molar-refractivity contribution is -0.136. The Morgan fingerprint density at radius 3 is 2.56 bits per heavy atom. The fourth-order valence-corrected chi connectivity index (χ4v) is 5.30. The first kappa shape index (κ1) is 22.3. The van der Waals surface area contributed by atoms with Crippen molar-refractivity contribution >= 4 is 12.0 Å². The first-order chi connectivity index (χ1) is 16.6. The molecule has 0 spiro atoms. The number of methoxy groups -OCH3 is 2. The average Bonchev–Trinajstić information content (AvgIpc) is 3.31. The molecule has 2 atom stereocenters. The molecule has 5 rings (SSSR count). The van der Waals surface area contributed by atoms with Gasteiger partial charge in [0.05, 0.1) is 38.0 Å². The van der Waals surface area contributed by atoms with Gasteiger partial charge in [-0.3, -0.25) is 4.79 Å². The molecule has 0 saturated carbocycles. The van der Waals surface area contributed by atoms with Gasteiger partial charge in [-0.05, 0) is 80.5 Å². The zero-order chi connectivity index (χ0) is 23.7. The van der Waals surface area contributed by atoms with Gasteiger partial charge < -0.3 is 18.9 Å². The van der Waals surface area contributed by atoms with Gasteiger partial charge in [0, 0.05) is 17.8 Å². The number of carbonyl (C=O) groups excluding carboxylic acids is 1. The molecule has 34 heavy (non-hydrogen) atoms. The van der Waals surface area contributed by atoms with Crippen LogP contribution < -0.4 is 9.47 Å². The number of aryl methyl sites for hydroxylation is 1. The highest BCUT2D eigenvalue weighted by Gasteiger charge is 2.39. The summed E-state index contributed by atoms with van der Waals surface area (Å²) in [7, 11) is 3.35. The first-order valence-corrected chi connectivity index (χ1v) is 11.9. The van der Waals surface area contributed by atoms with Crippen LogP contribution in [0.3, 0.4) is 0 Å². The molecule has 6 nitrogen and oxygen atoms in total. The van der Waals surface area contributed by atoms with Crippen LogP contribution in [0.1, 0.15) is 55.0 Å². The molecule has 3 heterocycles. The standard InChI is InChI=1S/C28H31N3O3/c1-19-17-30(18-29-19)26-14-7-20(16-27(26)34-3)15-22-8-11-23-5-4-6-25(31(23)28(22)32)21-9-12-24(33-2)13-10-21/h7,9-10,12-18,23,25H,4-6,8,11H2,1-3H3/t23-,25+/m1/s1. The Morgan fingerprint density at radius 2 is 1.85 bits per heavy atom. The second-order valence-corrected chi connectivity index (χ2v) is 9.15. The highest BCUT2D eigenvalue weighted by Crippen LogP contribution is 2.41. The van der Waals surface area contributed by atoms with Gasteiger partial charge in [-0.2, -0.15) is 0 Å². The van der Waals surface area contributed by atoms with Crippen molar-refractivity contribution in [3.05, 3.63) is 77.4 Å². The number of carbonyl (C=O) groups is 1. The van der Waals surface area contributed by atoms with E-state index in [1.807, 2.05) is 54.1 Å². The van der Waals surface area contributed by atoms with E-state index < -0.39 is 0 Å². The van der Waals surface area contributed by atoms with E-state index in [0.29, 0.717) is 6.04 Å². The summed E-state index contributed by atoms with van der Waals surface area (Å²) in [5.41, 5.74) is 4.89. The van der Waals surface area contributed by atoms with Crippen LogP contribution in [-0.2, 0) is 4.79 Å². The Bertz CT molecular complexity index is 1210. The van der Waals surface area contributed by atoms with Crippen LogP contribution >= 0.6 is 0 Å². The van der Waals surface area contributed by atoms with Crippen LogP contribution in [0.15, 0.2) is 60.6 Å². The summed E-state index contributed by atoms with van der Waals surface area (Å²) >= 11 is 0. The van der Waals surface area contributed by atoms with Crippen LogP contribution in [0.25, 0.3) is 11.8 Å². The number of ether oxygens (including phenoxy) is 2. The summed E-state index contributed by atoms with van der Waals surface area (Å²) in [6.07, 6.45) is 10.8. The number of imidazole rings is 1. The molecule has 0 aliphatic carbocycles. The Hall–Kier alpha value is -3.54. The quantitative estimate of drug-likeness (QED) is 0.475. The molecular weight excluding hydrogens is 426 g/mol. The third-order valence-electron chi connectivity index (χ3n) is 7.04. The van der Waals surface area contributed by atoms with Gasteiger partial charge in [0.15, 0.2) is 0 Å². The summed E-state index contributed by atoms with van der Waals surface area (Å²) in [5, 5.41) is 0. The minimum atomic E-state index is 0.113. The van der Waals surface area contributed by atoms with Crippen molar-refractivity contribution in [3.8, 4) is 17.2 Å². The van der Waals surface area contributed by atoms with Crippen LogP contribution in [0.4, 0.5) is 0 Å². The molecule has 0 bridgehead atoms. The molecule has 1 amide bonds. The van der Waals surface area contributed by atoms with Crippen LogP contribution in [0.5, 0.6) is 11.5 Å². The molecule has 2 fully saturated rings. The van der Waals surface area contributed by atoms with Crippen molar-refractivity contribution in [1.82, 2.24) is 14.5 Å². The van der Waals surface area contributed by atoms with E-state index in [9.17, 15) is 4.79 Å². The van der Waals surface area contributed by atoms with Crippen molar-refractivity contribution in [1.29, 1.82) is 0 Å². The minimum absolute atomic E-state index is 0.113. The topological polar surface area (TPSA) is 56.6 Å². The Kier molecular flexibility index (Phi) is 6.14. The predicted octanol–water partition coefficient (Wildman–Crippen LogP) is 5.50. The maximum absolute atomic E-state index is 13.7. The Labute approximate surface area is 200 Å². The maximum Gasteiger partial charge on any atom is 0.250 e. The molecule has 2 aliphatic heterocycles. The largest absolute Gasteiger partial charge is 0.497 e. The summed E-state index contributed by atoms with van der Waals surface area (Å²) in [5.74, 6) is 1.75.